The molecule has 8 nitrogen and oxygen atoms in total. The van der Waals surface area contributed by atoms with E-state index in [1.54, 1.807) is 45.2 Å². The summed E-state index contributed by atoms with van der Waals surface area (Å²) in [5.74, 6) is 2.33. The molecule has 38 heavy (non-hydrogen) atoms. The predicted molar refractivity (Wildman–Crippen MR) is 144 cm³/mol. The lowest BCUT2D eigenvalue weighted by Gasteiger charge is -2.29. The Bertz CT molecular complexity index is 1490. The summed E-state index contributed by atoms with van der Waals surface area (Å²) in [6, 6.07) is 17.6. The minimum Gasteiger partial charge on any atom is -0.493 e. The summed E-state index contributed by atoms with van der Waals surface area (Å²) < 4.78 is 22.0. The summed E-state index contributed by atoms with van der Waals surface area (Å²) in [7, 11) is 4.68. The van der Waals surface area contributed by atoms with Crippen LogP contribution in [-0.2, 0) is 0 Å². The van der Waals surface area contributed by atoms with E-state index >= 15 is 0 Å². The largest absolute Gasteiger partial charge is 0.493 e. The molecule has 0 bridgehead atoms. The number of hydrogen-bond donors (Lipinski definition) is 0. The minimum atomic E-state index is 0.0655. The van der Waals surface area contributed by atoms with Gasteiger partial charge in [-0.1, -0.05) is 41.9 Å². The molecule has 1 aliphatic heterocycles. The molecule has 0 spiro atoms. The van der Waals surface area contributed by atoms with Gasteiger partial charge < -0.3 is 23.6 Å². The third kappa shape index (κ3) is 4.16. The van der Waals surface area contributed by atoms with Gasteiger partial charge in [-0.25, -0.2) is 0 Å². The zero-order valence-corrected chi connectivity index (χ0v) is 22.2. The van der Waals surface area contributed by atoms with Crippen LogP contribution in [0.1, 0.15) is 36.0 Å². The summed E-state index contributed by atoms with van der Waals surface area (Å²) in [5.41, 5.74) is 3.12. The van der Waals surface area contributed by atoms with Crippen molar-refractivity contribution in [2.45, 2.75) is 41.5 Å². The number of carbonyl (C=O) groups is 1. The van der Waals surface area contributed by atoms with Crippen LogP contribution in [0.3, 0.4) is 0 Å². The average molecular weight is 530 g/mol. The van der Waals surface area contributed by atoms with Gasteiger partial charge in [0.2, 0.25) is 11.6 Å². The maximum absolute atomic E-state index is 13.7. The number of fused-ring (bicyclic) bond motifs is 2. The molecule has 3 aromatic carbocycles. The number of aromatic nitrogens is 2. The number of anilines is 1. The maximum atomic E-state index is 13.7. The zero-order chi connectivity index (χ0) is 26.2. The highest BCUT2D eigenvalue weighted by Gasteiger charge is 2.34. The third-order valence-corrected chi connectivity index (χ3v) is 8.18. The molecule has 194 valence electrons. The van der Waals surface area contributed by atoms with E-state index in [-0.39, 0.29) is 11.9 Å². The van der Waals surface area contributed by atoms with E-state index in [0.29, 0.717) is 34.5 Å². The van der Waals surface area contributed by atoms with Crippen LogP contribution in [0.2, 0.25) is 0 Å². The lowest BCUT2D eigenvalue weighted by Crippen LogP contribution is -2.39. The van der Waals surface area contributed by atoms with E-state index in [1.807, 2.05) is 47.4 Å². The summed E-state index contributed by atoms with van der Waals surface area (Å²) in [6.07, 6.45) is 4.32. The van der Waals surface area contributed by atoms with Crippen LogP contribution in [0.5, 0.6) is 17.2 Å². The van der Waals surface area contributed by atoms with E-state index in [4.69, 9.17) is 18.7 Å². The Balaban J connectivity index is 1.40. The van der Waals surface area contributed by atoms with Gasteiger partial charge in [-0.05, 0) is 55.3 Å². The molecule has 2 heterocycles. The summed E-state index contributed by atoms with van der Waals surface area (Å²) >= 11 is 1.60. The minimum absolute atomic E-state index is 0.0655. The fourth-order valence-electron chi connectivity index (χ4n) is 5.21. The van der Waals surface area contributed by atoms with Gasteiger partial charge in [0, 0.05) is 27.0 Å². The van der Waals surface area contributed by atoms with Crippen molar-refractivity contribution >= 4 is 23.4 Å². The van der Waals surface area contributed by atoms with Gasteiger partial charge in [0.15, 0.2) is 11.5 Å². The van der Waals surface area contributed by atoms with Crippen LogP contribution in [0, 0.1) is 0 Å². The first-order chi connectivity index (χ1) is 18.6. The first-order valence-corrected chi connectivity index (χ1v) is 13.3. The molecule has 0 saturated heterocycles. The normalized spacial score (nSPS) is 15.1. The Labute approximate surface area is 224 Å². The van der Waals surface area contributed by atoms with Crippen LogP contribution >= 0.6 is 11.8 Å². The number of hydrogen-bond acceptors (Lipinski definition) is 8. The van der Waals surface area contributed by atoms with Gasteiger partial charge in [0.05, 0.1) is 32.6 Å². The average Bonchev–Trinajstić information content (AvgIpc) is 3.64. The van der Waals surface area contributed by atoms with Crippen molar-refractivity contribution < 1.29 is 23.5 Å². The second-order valence-electron chi connectivity index (χ2n) is 9.23. The van der Waals surface area contributed by atoms with Crippen molar-refractivity contribution in [3.8, 4) is 40.1 Å². The number of nitrogens with zero attached hydrogens (tertiary/aromatic N) is 3. The summed E-state index contributed by atoms with van der Waals surface area (Å²) in [5, 5.41) is 4.26. The molecule has 9 heteroatoms. The van der Waals surface area contributed by atoms with Crippen molar-refractivity contribution in [3.63, 3.8) is 0 Å². The Morgan fingerprint density at radius 1 is 0.895 bits per heavy atom. The Kier molecular flexibility index (Phi) is 6.45. The van der Waals surface area contributed by atoms with Crippen molar-refractivity contribution in [1.82, 2.24) is 10.1 Å². The number of methoxy groups -OCH3 is 3. The molecule has 1 saturated carbocycles. The molecule has 0 N–H and O–H groups in total. The molecule has 6 rings (SSSR count). The molecule has 1 amide bonds. The zero-order valence-electron chi connectivity index (χ0n) is 21.4. The van der Waals surface area contributed by atoms with Gasteiger partial charge in [0.1, 0.15) is 0 Å². The van der Waals surface area contributed by atoms with Gasteiger partial charge in [-0.2, -0.15) is 4.98 Å². The molecule has 2 aliphatic rings. The molecule has 1 aliphatic carbocycles. The highest BCUT2D eigenvalue weighted by atomic mass is 32.2. The predicted octanol–water partition coefficient (Wildman–Crippen LogP) is 6.48. The second-order valence-corrected chi connectivity index (χ2v) is 10.3. The van der Waals surface area contributed by atoms with Crippen LogP contribution in [-0.4, -0.2) is 43.4 Å². The van der Waals surface area contributed by atoms with Crippen LogP contribution in [0.15, 0.2) is 68.9 Å². The van der Waals surface area contributed by atoms with Crippen molar-refractivity contribution in [2.24, 2.45) is 0 Å². The Morgan fingerprint density at radius 3 is 2.34 bits per heavy atom. The monoisotopic (exact) mass is 529 g/mol. The smallest absolute Gasteiger partial charge is 0.259 e. The van der Waals surface area contributed by atoms with Gasteiger partial charge in [-0.15, -0.1) is 0 Å². The van der Waals surface area contributed by atoms with Gasteiger partial charge in [0.25, 0.3) is 11.8 Å². The van der Waals surface area contributed by atoms with E-state index in [2.05, 4.69) is 10.1 Å². The summed E-state index contributed by atoms with van der Waals surface area (Å²) in [4.78, 5) is 22.3. The first-order valence-electron chi connectivity index (χ1n) is 12.5. The highest BCUT2D eigenvalue weighted by Crippen LogP contribution is 2.45. The van der Waals surface area contributed by atoms with E-state index < -0.39 is 0 Å². The third-order valence-electron chi connectivity index (χ3n) is 7.06. The number of carbonyl (C=O) groups excluding carboxylic acids is 1. The number of rotatable bonds is 6. The van der Waals surface area contributed by atoms with Crippen molar-refractivity contribution in [1.29, 1.82) is 0 Å². The molecular formula is C29H27N3O5S. The molecular weight excluding hydrogens is 502 g/mol. The highest BCUT2D eigenvalue weighted by molar-refractivity contribution is 7.99. The summed E-state index contributed by atoms with van der Waals surface area (Å²) in [6.45, 7) is 0. The van der Waals surface area contributed by atoms with Crippen molar-refractivity contribution in [3.05, 3.63) is 60.2 Å². The topological polar surface area (TPSA) is 86.9 Å². The SMILES string of the molecule is COc1cc(-c2nc(-c3ccc4c(c3)Sc3ccccc3C(=O)N4C3CCCC3)no2)cc(OC)c1OC. The molecule has 1 aromatic heterocycles. The van der Waals surface area contributed by atoms with E-state index in [1.165, 1.54) is 0 Å². The van der Waals surface area contributed by atoms with Crippen LogP contribution in [0.4, 0.5) is 5.69 Å². The number of amides is 1. The molecule has 1 fully saturated rings. The molecule has 0 unspecified atom stereocenters. The Hall–Kier alpha value is -3.98. The quantitative estimate of drug-likeness (QED) is 0.280. The lowest BCUT2D eigenvalue weighted by atomic mass is 10.1. The standard InChI is InChI=1S/C29H27N3O5S/c1-34-22-14-18(15-23(35-2)26(22)36-3)28-30-27(31-37-28)17-12-13-21-25(16-17)38-24-11-7-6-10-20(24)29(33)32(21)19-8-4-5-9-19/h6-7,10-16,19H,4-5,8-9H2,1-3H3. The number of benzene rings is 3. The molecule has 0 atom stereocenters. The van der Waals surface area contributed by atoms with Crippen LogP contribution in [0.25, 0.3) is 22.8 Å². The second kappa shape index (κ2) is 10.1. The van der Waals surface area contributed by atoms with Gasteiger partial charge in [-0.3, -0.25) is 4.79 Å². The maximum Gasteiger partial charge on any atom is 0.259 e. The van der Waals surface area contributed by atoms with Crippen molar-refractivity contribution in [2.75, 3.05) is 26.2 Å². The van der Waals surface area contributed by atoms with E-state index in [0.717, 1.165) is 52.3 Å². The fraction of sp³-hybridized carbons (Fsp3) is 0.276. The van der Waals surface area contributed by atoms with E-state index in [9.17, 15) is 4.79 Å². The number of ether oxygens (including phenoxy) is 3. The molecule has 4 aromatic rings. The fourth-order valence-corrected chi connectivity index (χ4v) is 6.32. The van der Waals surface area contributed by atoms with Gasteiger partial charge >= 0.3 is 0 Å². The lowest BCUT2D eigenvalue weighted by molar-refractivity contribution is 0.0974. The Morgan fingerprint density at radius 2 is 1.63 bits per heavy atom. The first kappa shape index (κ1) is 24.4. The molecule has 0 radical (unpaired) electrons. The van der Waals surface area contributed by atoms with Crippen LogP contribution < -0.4 is 19.1 Å².